The van der Waals surface area contributed by atoms with Gasteiger partial charge in [0.2, 0.25) is 0 Å². The van der Waals surface area contributed by atoms with E-state index in [4.69, 9.17) is 4.74 Å². The average molecular weight is 385 g/mol. The number of esters is 1. The van der Waals surface area contributed by atoms with Gasteiger partial charge < -0.3 is 15.0 Å². The van der Waals surface area contributed by atoms with Crippen LogP contribution in [0, 0.1) is 5.92 Å². The Morgan fingerprint density at radius 1 is 1.30 bits per heavy atom. The molecule has 2 aromatic rings. The third-order valence-electron chi connectivity index (χ3n) is 4.31. The van der Waals surface area contributed by atoms with Crippen LogP contribution in [0.5, 0.6) is 0 Å². The van der Waals surface area contributed by atoms with Crippen molar-refractivity contribution in [2.45, 2.75) is 31.8 Å². The Labute approximate surface area is 162 Å². The number of hydrogen-bond donors (Lipinski definition) is 2. The van der Waals surface area contributed by atoms with Gasteiger partial charge in [0.15, 0.2) is 5.16 Å². The van der Waals surface area contributed by atoms with Crippen LogP contribution in [0.1, 0.15) is 37.8 Å². The zero-order valence-corrected chi connectivity index (χ0v) is 16.6. The molecule has 3 rings (SSSR count). The number of methoxy groups -OCH3 is 1. The minimum absolute atomic E-state index is 0.249. The van der Waals surface area contributed by atoms with E-state index >= 15 is 0 Å². The summed E-state index contributed by atoms with van der Waals surface area (Å²) in [6.45, 7) is 6.03. The number of nitrogens with zero attached hydrogens (tertiary/aromatic N) is 1. The monoisotopic (exact) mass is 385 g/mol. The van der Waals surface area contributed by atoms with Gasteiger partial charge in [-0.25, -0.2) is 9.78 Å². The molecule has 0 amide bonds. The van der Waals surface area contributed by atoms with Crippen molar-refractivity contribution in [3.63, 3.8) is 0 Å². The van der Waals surface area contributed by atoms with Gasteiger partial charge in [-0.15, -0.1) is 0 Å². The zero-order chi connectivity index (χ0) is 19.6. The van der Waals surface area contributed by atoms with Gasteiger partial charge in [-0.1, -0.05) is 55.9 Å². The Morgan fingerprint density at radius 2 is 2.00 bits per heavy atom. The van der Waals surface area contributed by atoms with Crippen molar-refractivity contribution in [2.75, 3.05) is 18.2 Å². The molecule has 0 spiro atoms. The first-order chi connectivity index (χ1) is 12.9. The van der Waals surface area contributed by atoms with E-state index in [1.165, 1.54) is 18.9 Å². The number of fused-ring (bicyclic) bond motifs is 1. The van der Waals surface area contributed by atoms with Crippen molar-refractivity contribution in [3.05, 3.63) is 63.1 Å². The summed E-state index contributed by atoms with van der Waals surface area (Å²) in [5.74, 6) is 0.830. The van der Waals surface area contributed by atoms with Crippen LogP contribution in [0.15, 0.2) is 51.6 Å². The first-order valence-corrected chi connectivity index (χ1v) is 9.79. The highest BCUT2D eigenvalue weighted by molar-refractivity contribution is 7.99. The summed E-state index contributed by atoms with van der Waals surface area (Å²) in [6, 6.07) is 9.47. The summed E-state index contributed by atoms with van der Waals surface area (Å²) in [5.41, 5.74) is 2.09. The maximum Gasteiger partial charge on any atom is 0.336 e. The zero-order valence-electron chi connectivity index (χ0n) is 15.8. The van der Waals surface area contributed by atoms with E-state index in [1.807, 2.05) is 30.3 Å². The topological polar surface area (TPSA) is 84.1 Å². The minimum atomic E-state index is -0.532. The Bertz CT molecular complexity index is 935. The lowest BCUT2D eigenvalue weighted by Crippen LogP contribution is -2.31. The molecule has 0 aliphatic carbocycles. The number of anilines is 1. The fraction of sp³-hybridized carbons (Fsp3) is 0.350. The number of hydrogen-bond acceptors (Lipinski definition) is 6. The number of nitrogens with one attached hydrogen (secondary N) is 2. The van der Waals surface area contributed by atoms with E-state index in [1.54, 1.807) is 6.92 Å². The lowest BCUT2D eigenvalue weighted by Gasteiger charge is -2.28. The number of ether oxygens (including phenoxy) is 1. The summed E-state index contributed by atoms with van der Waals surface area (Å²) in [4.78, 5) is 32.9. The molecule has 0 saturated carbocycles. The summed E-state index contributed by atoms with van der Waals surface area (Å²) in [6.07, 6.45) is 0. The summed E-state index contributed by atoms with van der Waals surface area (Å²) in [5, 5.41) is 3.70. The molecular formula is C20H23N3O3S. The van der Waals surface area contributed by atoms with Gasteiger partial charge in [0.05, 0.1) is 24.2 Å². The highest BCUT2D eigenvalue weighted by atomic mass is 32.2. The van der Waals surface area contributed by atoms with Crippen molar-refractivity contribution in [2.24, 2.45) is 5.92 Å². The molecule has 27 heavy (non-hydrogen) atoms. The normalized spacial score (nSPS) is 16.1. The molecular weight excluding hydrogens is 362 g/mol. The van der Waals surface area contributed by atoms with Crippen LogP contribution in [0.4, 0.5) is 5.82 Å². The minimum Gasteiger partial charge on any atom is -0.466 e. The Balaban J connectivity index is 2.15. The van der Waals surface area contributed by atoms with Crippen LogP contribution < -0.4 is 10.9 Å². The molecule has 0 radical (unpaired) electrons. The van der Waals surface area contributed by atoms with Crippen LogP contribution in [0.25, 0.3) is 0 Å². The molecule has 0 saturated heterocycles. The number of carbonyl (C=O) groups is 1. The molecule has 142 valence electrons. The van der Waals surface area contributed by atoms with Crippen molar-refractivity contribution < 1.29 is 9.53 Å². The number of aromatic nitrogens is 2. The number of carbonyl (C=O) groups excluding carboxylic acids is 1. The van der Waals surface area contributed by atoms with E-state index in [0.717, 1.165) is 11.3 Å². The van der Waals surface area contributed by atoms with Crippen molar-refractivity contribution in [3.8, 4) is 0 Å². The van der Waals surface area contributed by atoms with E-state index in [0.29, 0.717) is 33.7 Å². The smallest absolute Gasteiger partial charge is 0.336 e. The standard InChI is InChI=1S/C20H23N3O3S/c1-11(2)10-27-20-22-17-16(18(24)23-20)15(13-8-6-5-7-9-13)14(12(3)21-17)19(25)26-4/h5-9,11,15H,10H2,1-4H3,(H2,21,22,23,24). The summed E-state index contributed by atoms with van der Waals surface area (Å²) < 4.78 is 4.98. The van der Waals surface area contributed by atoms with Gasteiger partial charge in [-0.05, 0) is 18.4 Å². The molecule has 1 aromatic carbocycles. The van der Waals surface area contributed by atoms with E-state index in [-0.39, 0.29) is 5.56 Å². The number of aromatic amines is 1. The summed E-state index contributed by atoms with van der Waals surface area (Å²) in [7, 11) is 1.34. The fourth-order valence-electron chi connectivity index (χ4n) is 3.10. The average Bonchev–Trinajstić information content (AvgIpc) is 2.65. The van der Waals surface area contributed by atoms with Gasteiger partial charge >= 0.3 is 5.97 Å². The number of benzene rings is 1. The number of allylic oxidation sites excluding steroid dienone is 1. The van der Waals surface area contributed by atoms with Crippen LogP contribution in [0.3, 0.4) is 0 Å². The Morgan fingerprint density at radius 3 is 2.63 bits per heavy atom. The van der Waals surface area contributed by atoms with Crippen molar-refractivity contribution in [1.29, 1.82) is 0 Å². The molecule has 6 nitrogen and oxygen atoms in total. The highest BCUT2D eigenvalue weighted by Crippen LogP contribution is 2.39. The van der Waals surface area contributed by atoms with E-state index in [9.17, 15) is 9.59 Å². The van der Waals surface area contributed by atoms with Crippen LogP contribution in [-0.2, 0) is 9.53 Å². The third-order valence-corrected chi connectivity index (χ3v) is 5.61. The molecule has 7 heteroatoms. The van der Waals surface area contributed by atoms with Gasteiger partial charge in [-0.2, -0.15) is 0 Å². The van der Waals surface area contributed by atoms with E-state index < -0.39 is 11.9 Å². The fourth-order valence-corrected chi connectivity index (χ4v) is 3.92. The van der Waals surface area contributed by atoms with Gasteiger partial charge in [0, 0.05) is 11.4 Å². The first-order valence-electron chi connectivity index (χ1n) is 8.80. The first kappa shape index (κ1) is 19.2. The Hall–Kier alpha value is -2.54. The molecule has 1 atom stereocenters. The SMILES string of the molecule is COC(=O)C1=C(C)Nc2nc(SCC(C)C)[nH]c(=O)c2C1c1ccccc1. The molecule has 2 heterocycles. The van der Waals surface area contributed by atoms with Crippen LogP contribution in [0.2, 0.25) is 0 Å². The quantitative estimate of drug-likeness (QED) is 0.465. The molecule has 0 bridgehead atoms. The second-order valence-corrected chi connectivity index (χ2v) is 7.85. The maximum atomic E-state index is 13.0. The third kappa shape index (κ3) is 3.93. The lowest BCUT2D eigenvalue weighted by atomic mass is 9.82. The predicted octanol–water partition coefficient (Wildman–Crippen LogP) is 3.52. The van der Waals surface area contributed by atoms with Crippen LogP contribution >= 0.6 is 11.8 Å². The number of rotatable bonds is 5. The maximum absolute atomic E-state index is 13.0. The molecule has 0 fully saturated rings. The van der Waals surface area contributed by atoms with Gasteiger partial charge in [-0.3, -0.25) is 4.79 Å². The highest BCUT2D eigenvalue weighted by Gasteiger charge is 2.36. The largest absolute Gasteiger partial charge is 0.466 e. The number of H-pyrrole nitrogens is 1. The second kappa shape index (κ2) is 8.00. The lowest BCUT2D eigenvalue weighted by molar-refractivity contribution is -0.136. The van der Waals surface area contributed by atoms with Crippen molar-refractivity contribution >= 4 is 23.5 Å². The van der Waals surface area contributed by atoms with Gasteiger partial charge in [0.25, 0.3) is 5.56 Å². The Kier molecular flexibility index (Phi) is 5.70. The van der Waals surface area contributed by atoms with Crippen molar-refractivity contribution in [1.82, 2.24) is 9.97 Å². The second-order valence-electron chi connectivity index (χ2n) is 6.84. The molecule has 1 unspecified atom stereocenters. The van der Waals surface area contributed by atoms with E-state index in [2.05, 4.69) is 29.1 Å². The molecule has 2 N–H and O–H groups in total. The number of thioether (sulfide) groups is 1. The molecule has 1 aromatic heterocycles. The van der Waals surface area contributed by atoms with Crippen LogP contribution in [-0.4, -0.2) is 28.8 Å². The van der Waals surface area contributed by atoms with Gasteiger partial charge in [0.1, 0.15) is 5.82 Å². The summed E-state index contributed by atoms with van der Waals surface area (Å²) >= 11 is 1.51. The molecule has 1 aliphatic rings. The molecule has 1 aliphatic heterocycles. The predicted molar refractivity (Wildman–Crippen MR) is 107 cm³/mol.